The molecular formula is C20H18N2O2. The number of hydrogen-bond acceptors (Lipinski definition) is 3. The Morgan fingerprint density at radius 3 is 2.58 bits per heavy atom. The van der Waals surface area contributed by atoms with Gasteiger partial charge in [0.25, 0.3) is 5.56 Å². The molecule has 0 unspecified atom stereocenters. The molecule has 1 aliphatic heterocycles. The Balaban J connectivity index is 1.75. The van der Waals surface area contributed by atoms with Gasteiger partial charge in [-0.2, -0.15) is 4.98 Å². The fraction of sp³-hybridized carbons (Fsp3) is 0.200. The van der Waals surface area contributed by atoms with Crippen molar-refractivity contribution in [1.29, 1.82) is 0 Å². The third-order valence-corrected chi connectivity index (χ3v) is 4.37. The van der Waals surface area contributed by atoms with Gasteiger partial charge in [0.05, 0.1) is 5.56 Å². The van der Waals surface area contributed by atoms with Crippen LogP contribution in [-0.2, 0) is 6.42 Å². The minimum atomic E-state index is -0.141. The first-order valence-electron chi connectivity index (χ1n) is 8.11. The summed E-state index contributed by atoms with van der Waals surface area (Å²) >= 11 is 0. The third kappa shape index (κ3) is 2.50. The molecule has 0 amide bonds. The van der Waals surface area contributed by atoms with E-state index in [-0.39, 0.29) is 5.56 Å². The molecule has 0 saturated carbocycles. The Hall–Kier alpha value is -2.88. The van der Waals surface area contributed by atoms with Crippen LogP contribution in [0.1, 0.15) is 36.5 Å². The Bertz CT molecular complexity index is 956. The van der Waals surface area contributed by atoms with Crippen molar-refractivity contribution >= 4 is 0 Å². The number of hydrogen-bond donors (Lipinski definition) is 1. The van der Waals surface area contributed by atoms with E-state index in [1.807, 2.05) is 36.4 Å². The molecule has 1 aliphatic rings. The molecule has 2 heterocycles. The molecule has 3 aromatic rings. The van der Waals surface area contributed by atoms with E-state index in [1.54, 1.807) is 0 Å². The van der Waals surface area contributed by atoms with Crippen molar-refractivity contribution in [3.05, 3.63) is 75.6 Å². The topological polar surface area (TPSA) is 55.0 Å². The fourth-order valence-corrected chi connectivity index (χ4v) is 2.92. The van der Waals surface area contributed by atoms with E-state index in [4.69, 9.17) is 4.74 Å². The molecule has 1 aromatic heterocycles. The minimum absolute atomic E-state index is 0.141. The second kappa shape index (κ2) is 5.64. The SMILES string of the molecule is CC(C)c1ccc(-c2nc3c(c(=O)[nH]2)Cc2ccccc2O3)cc1. The summed E-state index contributed by atoms with van der Waals surface area (Å²) in [6, 6.07) is 15.8. The van der Waals surface area contributed by atoms with Gasteiger partial charge in [0.15, 0.2) is 0 Å². The first kappa shape index (κ1) is 14.7. The number of aromatic amines is 1. The molecule has 0 spiro atoms. The van der Waals surface area contributed by atoms with Crippen molar-refractivity contribution in [2.24, 2.45) is 0 Å². The van der Waals surface area contributed by atoms with Crippen molar-refractivity contribution < 1.29 is 4.74 Å². The number of benzene rings is 2. The second-order valence-corrected chi connectivity index (χ2v) is 6.36. The summed E-state index contributed by atoms with van der Waals surface area (Å²) in [5.41, 5.74) is 3.58. The molecule has 0 aliphatic carbocycles. The lowest BCUT2D eigenvalue weighted by Gasteiger charge is -2.18. The molecule has 0 bridgehead atoms. The normalized spacial score (nSPS) is 12.5. The van der Waals surface area contributed by atoms with Gasteiger partial charge in [0, 0.05) is 12.0 Å². The van der Waals surface area contributed by atoms with E-state index in [9.17, 15) is 4.79 Å². The highest BCUT2D eigenvalue weighted by Gasteiger charge is 2.22. The van der Waals surface area contributed by atoms with Gasteiger partial charge in [-0.1, -0.05) is 56.3 Å². The van der Waals surface area contributed by atoms with E-state index in [2.05, 4.69) is 35.9 Å². The Morgan fingerprint density at radius 2 is 1.83 bits per heavy atom. The van der Waals surface area contributed by atoms with Crippen LogP contribution in [0.15, 0.2) is 53.3 Å². The molecule has 0 fully saturated rings. The maximum absolute atomic E-state index is 12.5. The zero-order valence-corrected chi connectivity index (χ0v) is 13.7. The molecule has 0 atom stereocenters. The molecule has 2 aromatic carbocycles. The number of nitrogens with one attached hydrogen (secondary N) is 1. The fourth-order valence-electron chi connectivity index (χ4n) is 2.92. The summed E-state index contributed by atoms with van der Waals surface area (Å²) in [5, 5.41) is 0. The monoisotopic (exact) mass is 318 g/mol. The van der Waals surface area contributed by atoms with Crippen LogP contribution in [-0.4, -0.2) is 9.97 Å². The summed E-state index contributed by atoms with van der Waals surface area (Å²) in [6.45, 7) is 4.30. The average molecular weight is 318 g/mol. The number of aromatic nitrogens is 2. The van der Waals surface area contributed by atoms with Crippen LogP contribution < -0.4 is 10.3 Å². The molecule has 4 rings (SSSR count). The number of ether oxygens (including phenoxy) is 1. The van der Waals surface area contributed by atoms with E-state index in [0.29, 0.717) is 29.6 Å². The van der Waals surface area contributed by atoms with Crippen LogP contribution >= 0.6 is 0 Å². The Labute approximate surface area is 140 Å². The van der Waals surface area contributed by atoms with Gasteiger partial charge in [0.2, 0.25) is 5.88 Å². The molecule has 0 radical (unpaired) electrons. The van der Waals surface area contributed by atoms with E-state index in [0.717, 1.165) is 16.9 Å². The summed E-state index contributed by atoms with van der Waals surface area (Å²) in [5.74, 6) is 2.17. The van der Waals surface area contributed by atoms with Gasteiger partial charge in [-0.15, -0.1) is 0 Å². The maximum Gasteiger partial charge on any atom is 0.258 e. The van der Waals surface area contributed by atoms with Gasteiger partial charge in [-0.3, -0.25) is 4.79 Å². The van der Waals surface area contributed by atoms with Gasteiger partial charge in [-0.25, -0.2) is 0 Å². The third-order valence-electron chi connectivity index (χ3n) is 4.37. The standard InChI is InChI=1S/C20H18N2O2/c1-12(2)13-7-9-14(10-8-13)18-21-19(23)16-11-15-5-3-4-6-17(15)24-20(16)22-18/h3-10,12H,11H2,1-2H3,(H,21,22,23). The van der Waals surface area contributed by atoms with Gasteiger partial charge >= 0.3 is 0 Å². The van der Waals surface area contributed by atoms with E-state index < -0.39 is 0 Å². The lowest BCUT2D eigenvalue weighted by Crippen LogP contribution is -2.20. The van der Waals surface area contributed by atoms with Crippen molar-refractivity contribution in [3.8, 4) is 23.0 Å². The molecule has 24 heavy (non-hydrogen) atoms. The van der Waals surface area contributed by atoms with Crippen molar-refractivity contribution in [1.82, 2.24) is 9.97 Å². The summed E-state index contributed by atoms with van der Waals surface area (Å²) in [7, 11) is 0. The van der Waals surface area contributed by atoms with Crippen LogP contribution in [0, 0.1) is 0 Å². The lowest BCUT2D eigenvalue weighted by atomic mass is 10.0. The number of nitrogens with zero attached hydrogens (tertiary/aromatic N) is 1. The quantitative estimate of drug-likeness (QED) is 0.601. The van der Waals surface area contributed by atoms with Crippen molar-refractivity contribution in [3.63, 3.8) is 0 Å². The second-order valence-electron chi connectivity index (χ2n) is 6.36. The van der Waals surface area contributed by atoms with Crippen molar-refractivity contribution in [2.45, 2.75) is 26.2 Å². The summed E-state index contributed by atoms with van der Waals surface area (Å²) < 4.78 is 5.85. The molecule has 1 N–H and O–H groups in total. The first-order valence-corrected chi connectivity index (χ1v) is 8.11. The van der Waals surface area contributed by atoms with Gasteiger partial charge in [0.1, 0.15) is 11.6 Å². The van der Waals surface area contributed by atoms with Crippen LogP contribution in [0.5, 0.6) is 11.6 Å². The molecule has 4 heteroatoms. The predicted molar refractivity (Wildman–Crippen MR) is 93.7 cm³/mol. The van der Waals surface area contributed by atoms with Crippen LogP contribution in [0.2, 0.25) is 0 Å². The highest BCUT2D eigenvalue weighted by molar-refractivity contribution is 5.57. The largest absolute Gasteiger partial charge is 0.438 e. The van der Waals surface area contributed by atoms with Crippen LogP contribution in [0.3, 0.4) is 0 Å². The van der Waals surface area contributed by atoms with Crippen LogP contribution in [0.4, 0.5) is 0 Å². The average Bonchev–Trinajstić information content (AvgIpc) is 2.60. The number of fused-ring (bicyclic) bond motifs is 2. The molecule has 4 nitrogen and oxygen atoms in total. The zero-order chi connectivity index (χ0) is 16.7. The van der Waals surface area contributed by atoms with E-state index >= 15 is 0 Å². The van der Waals surface area contributed by atoms with Gasteiger partial charge < -0.3 is 9.72 Å². The Morgan fingerprint density at radius 1 is 1.08 bits per heavy atom. The van der Waals surface area contributed by atoms with E-state index in [1.165, 1.54) is 5.56 Å². The van der Waals surface area contributed by atoms with Crippen molar-refractivity contribution in [2.75, 3.05) is 0 Å². The minimum Gasteiger partial charge on any atom is -0.438 e. The number of para-hydroxylation sites is 1. The highest BCUT2D eigenvalue weighted by Crippen LogP contribution is 2.34. The first-order chi connectivity index (χ1) is 11.6. The smallest absolute Gasteiger partial charge is 0.258 e. The highest BCUT2D eigenvalue weighted by atomic mass is 16.5. The maximum atomic E-state index is 12.5. The Kier molecular flexibility index (Phi) is 3.45. The number of rotatable bonds is 2. The molecule has 120 valence electrons. The summed E-state index contributed by atoms with van der Waals surface area (Å²) in [6.07, 6.45) is 0.542. The number of H-pyrrole nitrogens is 1. The molecular weight excluding hydrogens is 300 g/mol. The zero-order valence-electron chi connectivity index (χ0n) is 13.7. The van der Waals surface area contributed by atoms with Gasteiger partial charge in [-0.05, 0) is 23.1 Å². The van der Waals surface area contributed by atoms with Crippen LogP contribution in [0.25, 0.3) is 11.4 Å². The lowest BCUT2D eigenvalue weighted by molar-refractivity contribution is 0.438. The molecule has 0 saturated heterocycles. The predicted octanol–water partition coefficient (Wildman–Crippen LogP) is 4.26. The summed E-state index contributed by atoms with van der Waals surface area (Å²) in [4.78, 5) is 19.9.